The van der Waals surface area contributed by atoms with E-state index >= 15 is 0 Å². The molecule has 3 fully saturated rings. The second kappa shape index (κ2) is 5.92. The number of carbonyl (C=O) groups excluding carboxylic acids is 1. The average molecular weight is 340 g/mol. The van der Waals surface area contributed by atoms with Gasteiger partial charge in [0.05, 0.1) is 0 Å². The van der Waals surface area contributed by atoms with Crippen molar-refractivity contribution in [3.63, 3.8) is 0 Å². The monoisotopic (exact) mass is 340 g/mol. The molecule has 1 aromatic heterocycles. The minimum absolute atomic E-state index is 0.0196. The van der Waals surface area contributed by atoms with Crippen LogP contribution in [0.1, 0.15) is 23.3 Å². The first-order valence-electron chi connectivity index (χ1n) is 7.93. The van der Waals surface area contributed by atoms with Crippen molar-refractivity contribution < 1.29 is 13.2 Å². The fraction of sp³-hybridized carbons (Fsp3) is 0.667. The van der Waals surface area contributed by atoms with Crippen molar-refractivity contribution in [3.05, 3.63) is 18.0 Å². The van der Waals surface area contributed by atoms with Crippen molar-refractivity contribution >= 4 is 15.9 Å². The summed E-state index contributed by atoms with van der Waals surface area (Å²) in [5, 5.41) is 2.53. The van der Waals surface area contributed by atoms with E-state index in [0.29, 0.717) is 11.6 Å². The summed E-state index contributed by atoms with van der Waals surface area (Å²) >= 11 is 0. The quantitative estimate of drug-likeness (QED) is 0.844. The van der Waals surface area contributed by atoms with Crippen LogP contribution in [-0.4, -0.2) is 67.9 Å². The van der Waals surface area contributed by atoms with Gasteiger partial charge in [0.15, 0.2) is 0 Å². The van der Waals surface area contributed by atoms with Gasteiger partial charge in [-0.15, -0.1) is 0 Å². The van der Waals surface area contributed by atoms with Crippen molar-refractivity contribution in [2.75, 3.05) is 33.7 Å². The summed E-state index contributed by atoms with van der Waals surface area (Å²) in [7, 11) is 1.27. The highest BCUT2D eigenvalue weighted by atomic mass is 32.2. The van der Waals surface area contributed by atoms with Gasteiger partial charge in [0.2, 0.25) is 10.0 Å². The lowest BCUT2D eigenvalue weighted by Gasteiger charge is -2.47. The highest BCUT2D eigenvalue weighted by molar-refractivity contribution is 7.89. The summed E-state index contributed by atoms with van der Waals surface area (Å²) in [6, 6.07) is 1.47. The number of carbonyl (C=O) groups is 1. The van der Waals surface area contributed by atoms with Gasteiger partial charge in [0.1, 0.15) is 10.6 Å². The number of aromatic nitrogens is 1. The molecule has 0 saturated carbocycles. The molecule has 1 amide bonds. The van der Waals surface area contributed by atoms with Crippen LogP contribution >= 0.6 is 0 Å². The first-order valence-corrected chi connectivity index (χ1v) is 9.37. The van der Waals surface area contributed by atoms with E-state index in [0.717, 1.165) is 32.5 Å². The summed E-state index contributed by atoms with van der Waals surface area (Å²) < 4.78 is 29.0. The average Bonchev–Trinajstić information content (AvgIpc) is 2.97. The fourth-order valence-electron chi connectivity index (χ4n) is 3.72. The Morgan fingerprint density at radius 2 is 2.00 bits per heavy atom. The molecule has 1 atom stereocenters. The summed E-state index contributed by atoms with van der Waals surface area (Å²) in [4.78, 5) is 14.3. The zero-order valence-corrected chi connectivity index (χ0v) is 14.6. The molecular weight excluding hydrogens is 316 g/mol. The number of hydrogen-bond donors (Lipinski definition) is 1. The third kappa shape index (κ3) is 2.79. The molecule has 4 rings (SSSR count). The highest BCUT2D eigenvalue weighted by Crippen LogP contribution is 2.33. The lowest BCUT2D eigenvalue weighted by atomic mass is 9.84. The smallest absolute Gasteiger partial charge is 0.267 e. The number of nitrogens with zero attached hydrogens (tertiary/aromatic N) is 3. The van der Waals surface area contributed by atoms with Crippen LogP contribution in [0.5, 0.6) is 0 Å². The molecule has 3 aliphatic heterocycles. The predicted octanol–water partition coefficient (Wildman–Crippen LogP) is 0.0994. The minimum atomic E-state index is -3.60. The van der Waals surface area contributed by atoms with Crippen LogP contribution in [0.3, 0.4) is 0 Å². The highest BCUT2D eigenvalue weighted by Gasteiger charge is 2.40. The van der Waals surface area contributed by atoms with Crippen LogP contribution in [0.4, 0.5) is 0 Å². The molecule has 0 radical (unpaired) electrons. The van der Waals surface area contributed by atoms with Gasteiger partial charge in [-0.1, -0.05) is 0 Å². The topological polar surface area (TPSA) is 74.7 Å². The van der Waals surface area contributed by atoms with E-state index in [1.807, 2.05) is 0 Å². The van der Waals surface area contributed by atoms with E-state index in [1.54, 1.807) is 18.7 Å². The molecule has 2 bridgehead atoms. The van der Waals surface area contributed by atoms with Gasteiger partial charge in [0, 0.05) is 39.9 Å². The van der Waals surface area contributed by atoms with E-state index in [1.165, 1.54) is 23.6 Å². The first kappa shape index (κ1) is 16.5. The molecule has 23 heavy (non-hydrogen) atoms. The molecule has 3 saturated heterocycles. The standard InChI is InChI=1S/C15H24N4O3S/c1-16-15(20)13-8-12(9-17(13)2)23(21,22)18(3)14-10-19-6-4-11(14)5-7-19/h8-9,11,14H,4-7,10H2,1-3H3,(H,16,20). The third-order valence-corrected chi connectivity index (χ3v) is 7.05. The van der Waals surface area contributed by atoms with Crippen molar-refractivity contribution in [2.24, 2.45) is 13.0 Å². The molecule has 7 nitrogen and oxygen atoms in total. The van der Waals surface area contributed by atoms with Gasteiger partial charge in [-0.25, -0.2) is 8.42 Å². The Morgan fingerprint density at radius 3 is 2.52 bits per heavy atom. The second-order valence-electron chi connectivity index (χ2n) is 6.48. The predicted molar refractivity (Wildman–Crippen MR) is 86.7 cm³/mol. The Bertz CT molecular complexity index is 704. The number of sulfonamides is 1. The lowest BCUT2D eigenvalue weighted by molar-refractivity contribution is 0.0465. The lowest BCUT2D eigenvalue weighted by Crippen LogP contribution is -2.57. The van der Waals surface area contributed by atoms with Crippen LogP contribution in [-0.2, 0) is 17.1 Å². The van der Waals surface area contributed by atoms with Crippen molar-refractivity contribution in [2.45, 2.75) is 23.8 Å². The molecule has 1 aromatic rings. The third-order valence-electron chi connectivity index (χ3n) is 5.21. The van der Waals surface area contributed by atoms with Gasteiger partial charge in [-0.2, -0.15) is 4.31 Å². The Hall–Kier alpha value is -1.38. The number of nitrogens with one attached hydrogen (secondary N) is 1. The van der Waals surface area contributed by atoms with Crippen LogP contribution in [0.15, 0.2) is 17.2 Å². The summed E-state index contributed by atoms with van der Waals surface area (Å²) in [5.41, 5.74) is 0.341. The maximum Gasteiger partial charge on any atom is 0.267 e. The van der Waals surface area contributed by atoms with Crippen molar-refractivity contribution in [1.82, 2.24) is 19.1 Å². The molecule has 1 unspecified atom stereocenters. The maximum absolute atomic E-state index is 12.9. The minimum Gasteiger partial charge on any atom is -0.354 e. The Balaban J connectivity index is 1.88. The summed E-state index contributed by atoms with van der Waals surface area (Å²) in [6.07, 6.45) is 3.63. The van der Waals surface area contributed by atoms with Crippen LogP contribution in [0, 0.1) is 5.92 Å². The molecule has 3 aliphatic rings. The van der Waals surface area contributed by atoms with Crippen LogP contribution < -0.4 is 5.32 Å². The van der Waals surface area contributed by atoms with E-state index in [2.05, 4.69) is 10.2 Å². The van der Waals surface area contributed by atoms with Gasteiger partial charge in [-0.05, 0) is 37.9 Å². The number of rotatable bonds is 4. The fourth-order valence-corrected chi connectivity index (χ4v) is 5.20. The zero-order valence-electron chi connectivity index (χ0n) is 13.8. The Kier molecular flexibility index (Phi) is 4.24. The molecule has 0 spiro atoms. The van der Waals surface area contributed by atoms with Crippen molar-refractivity contribution in [1.29, 1.82) is 0 Å². The molecule has 1 N–H and O–H groups in total. The van der Waals surface area contributed by atoms with Gasteiger partial charge >= 0.3 is 0 Å². The van der Waals surface area contributed by atoms with Crippen LogP contribution in [0.2, 0.25) is 0 Å². The second-order valence-corrected chi connectivity index (χ2v) is 8.48. The van der Waals surface area contributed by atoms with Gasteiger partial charge in [0.25, 0.3) is 5.91 Å². The van der Waals surface area contributed by atoms with E-state index in [4.69, 9.17) is 0 Å². The molecule has 128 valence electrons. The molecule has 4 heterocycles. The first-order chi connectivity index (χ1) is 10.8. The molecule has 8 heteroatoms. The largest absolute Gasteiger partial charge is 0.354 e. The normalized spacial score (nSPS) is 27.4. The van der Waals surface area contributed by atoms with E-state index < -0.39 is 10.0 Å². The SMILES string of the molecule is CNC(=O)c1cc(S(=O)(=O)N(C)C2CN3CCC2CC3)cn1C. The van der Waals surface area contributed by atoms with E-state index in [-0.39, 0.29) is 16.8 Å². The molecular formula is C15H24N4O3S. The number of piperidine rings is 3. The Morgan fingerprint density at radius 1 is 1.35 bits per heavy atom. The number of hydrogen-bond acceptors (Lipinski definition) is 4. The zero-order chi connectivity index (χ0) is 16.8. The number of amides is 1. The maximum atomic E-state index is 12.9. The number of aryl methyl sites for hydroxylation is 1. The van der Waals surface area contributed by atoms with E-state index in [9.17, 15) is 13.2 Å². The van der Waals surface area contributed by atoms with Gasteiger partial charge < -0.3 is 14.8 Å². The van der Waals surface area contributed by atoms with Crippen molar-refractivity contribution in [3.8, 4) is 0 Å². The molecule has 0 aliphatic carbocycles. The summed E-state index contributed by atoms with van der Waals surface area (Å²) in [6.45, 7) is 2.94. The Labute approximate surface area is 137 Å². The number of likely N-dealkylation sites (N-methyl/N-ethyl adjacent to an activating group) is 1. The number of fused-ring (bicyclic) bond motifs is 3. The van der Waals surface area contributed by atoms with Crippen LogP contribution in [0.25, 0.3) is 0 Å². The van der Waals surface area contributed by atoms with Gasteiger partial charge in [-0.3, -0.25) is 4.79 Å². The molecule has 0 aromatic carbocycles. The summed E-state index contributed by atoms with van der Waals surface area (Å²) in [5.74, 6) is 0.140.